The maximum Gasteiger partial charge on any atom is 0.228 e. The number of halogens is 1. The summed E-state index contributed by atoms with van der Waals surface area (Å²) in [5.41, 5.74) is 6.39. The van der Waals surface area contributed by atoms with Crippen LogP contribution in [0.3, 0.4) is 0 Å². The van der Waals surface area contributed by atoms with Gasteiger partial charge in [-0.25, -0.2) is 4.39 Å². The van der Waals surface area contributed by atoms with Crippen LogP contribution in [0.2, 0.25) is 18.1 Å². The van der Waals surface area contributed by atoms with Crippen LogP contribution in [-0.2, 0) is 15.7 Å². The fraction of sp³-hybridized carbons (Fsp3) is 0.462. The molecule has 1 aliphatic rings. The highest BCUT2D eigenvalue weighted by Crippen LogP contribution is 2.37. The molecular weight excluding hydrogens is 419 g/mol. The van der Waals surface area contributed by atoms with Crippen LogP contribution in [-0.4, -0.2) is 26.5 Å². The van der Waals surface area contributed by atoms with E-state index in [2.05, 4.69) is 70.5 Å². The zero-order valence-corrected chi connectivity index (χ0v) is 21.0. The molecule has 0 fully saturated rings. The minimum Gasteiger partial charge on any atom is -0.321 e. The standard InChI is InChI=1S/C26H35FN2O2Si/c1-18-7-11-20(12-8-18)24-17-28-25(29-31-32(5,6)26(2,3)4)23(24)16-22(30)15-19-9-13-21(27)14-10-19/h7-14,23-24H,15-17H2,1-6H3,(H,28,29)/t23-,24-/m0/s1. The van der Waals surface area contributed by atoms with Crippen molar-refractivity contribution in [1.82, 2.24) is 5.48 Å². The summed E-state index contributed by atoms with van der Waals surface area (Å²) in [5, 5.41) is 0.0590. The monoisotopic (exact) mass is 454 g/mol. The lowest BCUT2D eigenvalue weighted by molar-refractivity contribution is -0.119. The smallest absolute Gasteiger partial charge is 0.228 e. The minimum atomic E-state index is -2.03. The Kier molecular flexibility index (Phi) is 7.35. The fourth-order valence-electron chi connectivity index (χ4n) is 3.61. The van der Waals surface area contributed by atoms with Crippen LogP contribution in [0.5, 0.6) is 0 Å². The highest BCUT2D eigenvalue weighted by molar-refractivity contribution is 6.74. The number of hydroxylamine groups is 1. The molecule has 172 valence electrons. The molecule has 32 heavy (non-hydrogen) atoms. The van der Waals surface area contributed by atoms with Gasteiger partial charge in [0.1, 0.15) is 17.4 Å². The van der Waals surface area contributed by atoms with Crippen molar-refractivity contribution >= 4 is 19.9 Å². The minimum absolute atomic E-state index is 0.0590. The molecule has 0 saturated carbocycles. The van der Waals surface area contributed by atoms with Gasteiger partial charge in [-0.05, 0) is 48.3 Å². The summed E-state index contributed by atoms with van der Waals surface area (Å²) in [7, 11) is -2.03. The molecule has 2 aromatic carbocycles. The third-order valence-electron chi connectivity index (χ3n) is 6.78. The highest BCUT2D eigenvalue weighted by atomic mass is 28.4. The van der Waals surface area contributed by atoms with E-state index in [1.54, 1.807) is 12.1 Å². The maximum absolute atomic E-state index is 13.2. The highest BCUT2D eigenvalue weighted by Gasteiger charge is 2.40. The van der Waals surface area contributed by atoms with Gasteiger partial charge in [0.05, 0.1) is 0 Å². The normalized spacial score (nSPS) is 19.0. The van der Waals surface area contributed by atoms with Crippen LogP contribution in [0.4, 0.5) is 4.39 Å². The molecule has 0 unspecified atom stereocenters. The predicted molar refractivity (Wildman–Crippen MR) is 131 cm³/mol. The fourth-order valence-corrected chi connectivity index (χ4v) is 4.28. The van der Waals surface area contributed by atoms with Gasteiger partial charge >= 0.3 is 0 Å². The van der Waals surface area contributed by atoms with E-state index in [9.17, 15) is 9.18 Å². The first kappa shape index (κ1) is 24.3. The molecule has 1 N–H and O–H groups in total. The van der Waals surface area contributed by atoms with E-state index >= 15 is 0 Å². The molecule has 0 radical (unpaired) electrons. The van der Waals surface area contributed by atoms with E-state index in [0.717, 1.165) is 11.4 Å². The molecule has 1 heterocycles. The zero-order chi connectivity index (χ0) is 23.5. The van der Waals surface area contributed by atoms with Gasteiger partial charge in [0.15, 0.2) is 0 Å². The molecule has 0 aromatic heterocycles. The molecule has 0 bridgehead atoms. The van der Waals surface area contributed by atoms with E-state index in [-0.39, 0.29) is 34.9 Å². The van der Waals surface area contributed by atoms with Crippen molar-refractivity contribution in [3.05, 3.63) is 71.0 Å². The maximum atomic E-state index is 13.2. The number of hydrogen-bond acceptors (Lipinski definition) is 4. The van der Waals surface area contributed by atoms with Gasteiger partial charge < -0.3 is 4.53 Å². The molecule has 1 aliphatic heterocycles. The molecule has 3 rings (SSSR count). The van der Waals surface area contributed by atoms with E-state index in [0.29, 0.717) is 13.0 Å². The van der Waals surface area contributed by atoms with E-state index in [4.69, 9.17) is 9.52 Å². The topological polar surface area (TPSA) is 50.7 Å². The largest absolute Gasteiger partial charge is 0.321 e. The molecule has 0 amide bonds. The summed E-state index contributed by atoms with van der Waals surface area (Å²) >= 11 is 0. The molecule has 4 nitrogen and oxygen atoms in total. The number of nitrogens with one attached hydrogen (secondary N) is 1. The second kappa shape index (κ2) is 9.67. The van der Waals surface area contributed by atoms with Gasteiger partial charge in [0.25, 0.3) is 0 Å². The lowest BCUT2D eigenvalue weighted by Crippen LogP contribution is -2.47. The quantitative estimate of drug-likeness (QED) is 0.414. The van der Waals surface area contributed by atoms with Gasteiger partial charge in [0, 0.05) is 31.2 Å². The lowest BCUT2D eigenvalue weighted by Gasteiger charge is -2.36. The second-order valence-corrected chi connectivity index (χ2v) is 15.1. The van der Waals surface area contributed by atoms with Crippen LogP contribution in [0.25, 0.3) is 0 Å². The van der Waals surface area contributed by atoms with E-state index < -0.39 is 8.32 Å². The number of amidine groups is 1. The molecule has 6 heteroatoms. The Morgan fingerprint density at radius 1 is 1.12 bits per heavy atom. The van der Waals surface area contributed by atoms with Crippen LogP contribution in [0.1, 0.15) is 49.8 Å². The van der Waals surface area contributed by atoms with Crippen LogP contribution in [0.15, 0.2) is 53.5 Å². The molecule has 0 aliphatic carbocycles. The molecule has 0 spiro atoms. The lowest BCUT2D eigenvalue weighted by atomic mass is 9.83. The van der Waals surface area contributed by atoms with Crippen molar-refractivity contribution < 1.29 is 13.7 Å². The summed E-state index contributed by atoms with van der Waals surface area (Å²) in [5.74, 6) is 0.627. The number of aliphatic imine (C=N–C) groups is 1. The summed E-state index contributed by atoms with van der Waals surface area (Å²) in [4.78, 5) is 17.7. The Hall–Kier alpha value is -2.31. The Labute approximate surface area is 192 Å². The van der Waals surface area contributed by atoms with Crippen molar-refractivity contribution in [2.75, 3.05) is 6.54 Å². The van der Waals surface area contributed by atoms with Gasteiger partial charge in [-0.2, -0.15) is 0 Å². The Bertz CT molecular complexity index is 963. The number of hydrogen-bond donors (Lipinski definition) is 1. The van der Waals surface area contributed by atoms with Gasteiger partial charge in [-0.15, -0.1) is 0 Å². The second-order valence-electron chi connectivity index (χ2n) is 10.4. The summed E-state index contributed by atoms with van der Waals surface area (Å²) in [6.07, 6.45) is 0.649. The van der Waals surface area contributed by atoms with Gasteiger partial charge in [-0.1, -0.05) is 62.7 Å². The first-order valence-corrected chi connectivity index (χ1v) is 14.2. The van der Waals surface area contributed by atoms with Crippen LogP contribution >= 0.6 is 0 Å². The zero-order valence-electron chi connectivity index (χ0n) is 20.0. The van der Waals surface area contributed by atoms with Gasteiger partial charge in [0.2, 0.25) is 8.32 Å². The number of ketones is 1. The number of nitrogens with zero attached hydrogens (tertiary/aromatic N) is 1. The first-order chi connectivity index (χ1) is 15.0. The number of carbonyl (C=O) groups excluding carboxylic acids is 1. The average molecular weight is 455 g/mol. The van der Waals surface area contributed by atoms with Crippen molar-refractivity contribution in [1.29, 1.82) is 0 Å². The molecule has 2 atom stereocenters. The van der Waals surface area contributed by atoms with Crippen molar-refractivity contribution in [3.8, 4) is 0 Å². The number of carbonyl (C=O) groups is 1. The van der Waals surface area contributed by atoms with E-state index in [1.165, 1.54) is 23.3 Å². The molecule has 0 saturated heterocycles. The number of benzene rings is 2. The third kappa shape index (κ3) is 5.93. The Morgan fingerprint density at radius 2 is 1.75 bits per heavy atom. The molecular formula is C26H35FN2O2Si. The third-order valence-corrected chi connectivity index (χ3v) is 11.0. The van der Waals surface area contributed by atoms with Gasteiger partial charge in [-0.3, -0.25) is 15.3 Å². The average Bonchev–Trinajstić information content (AvgIpc) is 3.10. The SMILES string of the molecule is Cc1ccc([C@@H]2CN=C(NO[Si](C)(C)C(C)(C)C)[C@H]2CC(=O)Cc2ccc(F)cc2)cc1. The summed E-state index contributed by atoms with van der Waals surface area (Å²) in [6.45, 7) is 13.6. The number of Topliss-reactive ketones (excluding diaryl/α,β-unsaturated/α-hetero) is 1. The Balaban J connectivity index is 1.77. The van der Waals surface area contributed by atoms with Crippen LogP contribution < -0.4 is 5.48 Å². The van der Waals surface area contributed by atoms with Crippen LogP contribution in [0, 0.1) is 18.7 Å². The molecule has 2 aromatic rings. The van der Waals surface area contributed by atoms with Crippen molar-refractivity contribution in [2.45, 2.75) is 64.6 Å². The Morgan fingerprint density at radius 3 is 2.34 bits per heavy atom. The van der Waals surface area contributed by atoms with E-state index in [1.807, 2.05) is 0 Å². The summed E-state index contributed by atoms with van der Waals surface area (Å²) < 4.78 is 19.4. The predicted octanol–water partition coefficient (Wildman–Crippen LogP) is 5.97. The number of rotatable bonds is 7. The number of aryl methyl sites for hydroxylation is 1. The summed E-state index contributed by atoms with van der Waals surface area (Å²) in [6, 6.07) is 14.6. The first-order valence-electron chi connectivity index (χ1n) is 11.3. The van der Waals surface area contributed by atoms with Crippen molar-refractivity contribution in [2.24, 2.45) is 10.9 Å². The van der Waals surface area contributed by atoms with Crippen molar-refractivity contribution in [3.63, 3.8) is 0 Å².